The molecular formula is C5H14B2O9P2. The molecule has 1 aliphatic heterocycles. The second-order valence-corrected chi connectivity index (χ2v) is 7.44. The van der Waals surface area contributed by atoms with Crippen molar-refractivity contribution in [3.8, 4) is 0 Å². The molecule has 1 saturated heterocycles. The number of phosphoric acid groups is 1. The lowest BCUT2D eigenvalue weighted by Gasteiger charge is -2.19. The SMILES string of the molecule is B[C@@H]1OC(COP(B)(=O)OP(=O)(O)O)[C@@H](O)[C@H]1O. The van der Waals surface area contributed by atoms with Gasteiger partial charge >= 0.3 is 7.82 Å². The highest BCUT2D eigenvalue weighted by Crippen LogP contribution is 2.57. The minimum absolute atomic E-state index is 0.420. The predicted octanol–water partition coefficient (Wildman–Crippen LogP) is -3.07. The van der Waals surface area contributed by atoms with Crippen LogP contribution < -0.4 is 0 Å². The van der Waals surface area contributed by atoms with Crippen LogP contribution in [0.4, 0.5) is 0 Å². The van der Waals surface area contributed by atoms with Crippen LogP contribution in [-0.4, -0.2) is 66.3 Å². The molecule has 0 amide bonds. The van der Waals surface area contributed by atoms with Gasteiger partial charge in [-0.05, 0) is 0 Å². The molecule has 1 rings (SSSR count). The van der Waals surface area contributed by atoms with Gasteiger partial charge in [-0.3, -0.25) is 4.57 Å². The summed E-state index contributed by atoms with van der Waals surface area (Å²) in [5.41, 5.74) is 0. The van der Waals surface area contributed by atoms with Crippen molar-refractivity contribution in [3.05, 3.63) is 0 Å². The molecule has 104 valence electrons. The molecule has 9 nitrogen and oxygen atoms in total. The average molecular weight is 302 g/mol. The number of rotatable bonds is 5. The highest BCUT2D eigenvalue weighted by molar-refractivity contribution is 7.83. The normalized spacial score (nSPS) is 36.4. The van der Waals surface area contributed by atoms with Gasteiger partial charge in [-0.1, -0.05) is 0 Å². The standard InChI is InChI=1S/C5H14B2O9P2/c6-5-4(9)3(8)2(15-5)1-14-17(7,10)16-18(11,12)13/h2-5,8-9H,1,6-7H2,(H2,11,12,13)/t2?,3-,4-,5-,17?/m1/s1. The molecule has 0 aromatic rings. The fourth-order valence-electron chi connectivity index (χ4n) is 1.50. The Balaban J connectivity index is 2.51. The number of ether oxygens (including phenoxy) is 1. The molecule has 2 unspecified atom stereocenters. The van der Waals surface area contributed by atoms with Crippen molar-refractivity contribution in [1.29, 1.82) is 0 Å². The lowest BCUT2D eigenvalue weighted by atomic mass is 9.93. The Bertz CT molecular complexity index is 385. The van der Waals surface area contributed by atoms with Gasteiger partial charge in [-0.25, -0.2) is 8.88 Å². The van der Waals surface area contributed by atoms with Crippen molar-refractivity contribution in [3.63, 3.8) is 0 Å². The van der Waals surface area contributed by atoms with Gasteiger partial charge in [0.05, 0.1) is 12.6 Å². The molecule has 0 aliphatic carbocycles. The molecule has 4 N–H and O–H groups in total. The largest absolute Gasteiger partial charge is 0.476 e. The van der Waals surface area contributed by atoms with E-state index in [2.05, 4.69) is 4.31 Å². The van der Waals surface area contributed by atoms with Gasteiger partial charge in [0, 0.05) is 0 Å². The van der Waals surface area contributed by atoms with E-state index in [1.165, 1.54) is 7.85 Å². The summed E-state index contributed by atoms with van der Waals surface area (Å²) in [6.45, 7) is -0.420. The molecule has 0 spiro atoms. The van der Waals surface area contributed by atoms with Crippen molar-refractivity contribution in [1.82, 2.24) is 0 Å². The maximum absolute atomic E-state index is 11.5. The summed E-state index contributed by atoms with van der Waals surface area (Å²) in [6.07, 6.45) is -3.27. The van der Waals surface area contributed by atoms with Crippen LogP contribution >= 0.6 is 15.3 Å². The number of aliphatic hydroxyl groups is 2. The van der Waals surface area contributed by atoms with E-state index < -0.39 is 46.2 Å². The summed E-state index contributed by atoms with van der Waals surface area (Å²) in [4.78, 5) is 17.0. The van der Waals surface area contributed by atoms with Crippen molar-refractivity contribution in [2.75, 3.05) is 6.61 Å². The first-order valence-electron chi connectivity index (χ1n) is 5.02. The Hall–Kier alpha value is 0.310. The van der Waals surface area contributed by atoms with Crippen LogP contribution in [0.5, 0.6) is 0 Å². The molecule has 0 bridgehead atoms. The van der Waals surface area contributed by atoms with Crippen LogP contribution in [0.2, 0.25) is 0 Å². The van der Waals surface area contributed by atoms with Gasteiger partial charge in [0.1, 0.15) is 26.2 Å². The Morgan fingerprint density at radius 2 is 1.78 bits per heavy atom. The fourth-order valence-corrected chi connectivity index (χ4v) is 3.65. The summed E-state index contributed by atoms with van der Waals surface area (Å²) in [5, 5.41) is 18.9. The summed E-state index contributed by atoms with van der Waals surface area (Å²) < 4.78 is 35.8. The second kappa shape index (κ2) is 5.75. The van der Waals surface area contributed by atoms with Crippen molar-refractivity contribution >= 4 is 30.7 Å². The van der Waals surface area contributed by atoms with Crippen LogP contribution in [0, 0.1) is 0 Å². The summed E-state index contributed by atoms with van der Waals surface area (Å²) >= 11 is 0. The zero-order valence-electron chi connectivity index (χ0n) is 9.74. The molecule has 18 heavy (non-hydrogen) atoms. The first-order valence-corrected chi connectivity index (χ1v) is 8.54. The Kier molecular flexibility index (Phi) is 5.22. The molecule has 0 aromatic carbocycles. The van der Waals surface area contributed by atoms with E-state index in [0.29, 0.717) is 0 Å². The van der Waals surface area contributed by atoms with E-state index >= 15 is 0 Å². The molecular weight excluding hydrogens is 288 g/mol. The third-order valence-electron chi connectivity index (χ3n) is 2.33. The monoisotopic (exact) mass is 302 g/mol. The third-order valence-corrected chi connectivity index (χ3v) is 4.98. The highest BCUT2D eigenvalue weighted by Gasteiger charge is 2.41. The molecule has 13 heteroatoms. The number of aliphatic hydroxyl groups excluding tert-OH is 2. The maximum Gasteiger partial charge on any atom is 0.476 e. The Morgan fingerprint density at radius 3 is 2.17 bits per heavy atom. The molecule has 1 aliphatic rings. The molecule has 1 fully saturated rings. The summed E-state index contributed by atoms with van der Waals surface area (Å²) in [7, 11) is -6.48. The summed E-state index contributed by atoms with van der Waals surface area (Å²) in [6, 6.07) is -0.618. The number of hydrogen-bond donors (Lipinski definition) is 4. The molecule has 0 radical (unpaired) electrons. The van der Waals surface area contributed by atoms with Crippen LogP contribution in [0.1, 0.15) is 0 Å². The van der Waals surface area contributed by atoms with Crippen LogP contribution in [-0.2, 0) is 22.7 Å². The zero-order valence-corrected chi connectivity index (χ0v) is 11.5. The minimum atomic E-state index is -4.93. The van der Waals surface area contributed by atoms with E-state index in [1.807, 2.05) is 0 Å². The lowest BCUT2D eigenvalue weighted by Crippen LogP contribution is -2.34. The van der Waals surface area contributed by atoms with E-state index in [0.717, 1.165) is 7.57 Å². The van der Waals surface area contributed by atoms with Gasteiger partial charge in [0.25, 0.3) is 15.0 Å². The maximum atomic E-state index is 11.5. The molecule has 5 atom stereocenters. The summed E-state index contributed by atoms with van der Waals surface area (Å²) in [5.74, 6) is 0. The third kappa shape index (κ3) is 4.77. The van der Waals surface area contributed by atoms with Gasteiger partial charge in [-0.2, -0.15) is 0 Å². The number of hydrogen-bond acceptors (Lipinski definition) is 7. The van der Waals surface area contributed by atoms with E-state index in [1.54, 1.807) is 0 Å². The smallest absolute Gasteiger partial charge is 0.388 e. The Morgan fingerprint density at radius 1 is 1.22 bits per heavy atom. The van der Waals surface area contributed by atoms with Gasteiger partial charge in [0.15, 0.2) is 0 Å². The van der Waals surface area contributed by atoms with Gasteiger partial charge in [0.2, 0.25) is 0 Å². The molecule has 0 saturated carbocycles. The zero-order chi connectivity index (χ0) is 14.1. The fraction of sp³-hybridized carbons (Fsp3) is 1.00. The quantitative estimate of drug-likeness (QED) is 0.307. The molecule has 0 aromatic heterocycles. The Labute approximate surface area is 105 Å². The van der Waals surface area contributed by atoms with Gasteiger partial charge < -0.3 is 29.3 Å². The topological polar surface area (TPSA) is 143 Å². The van der Waals surface area contributed by atoms with E-state index in [-0.39, 0.29) is 0 Å². The lowest BCUT2D eigenvalue weighted by molar-refractivity contribution is -0.00368. The van der Waals surface area contributed by atoms with Crippen molar-refractivity contribution in [2.45, 2.75) is 24.3 Å². The van der Waals surface area contributed by atoms with Gasteiger partial charge in [-0.15, -0.1) is 0 Å². The van der Waals surface area contributed by atoms with Crippen molar-refractivity contribution in [2.24, 2.45) is 0 Å². The first kappa shape index (κ1) is 16.4. The van der Waals surface area contributed by atoms with E-state index in [4.69, 9.17) is 19.0 Å². The second-order valence-electron chi connectivity index (χ2n) is 4.00. The highest BCUT2D eigenvalue weighted by atomic mass is 31.3. The van der Waals surface area contributed by atoms with E-state index in [9.17, 15) is 19.3 Å². The average Bonchev–Trinajstić information content (AvgIpc) is 2.39. The van der Waals surface area contributed by atoms with Crippen LogP contribution in [0.25, 0.3) is 0 Å². The first-order chi connectivity index (χ1) is 8.02. The molecule has 1 heterocycles. The predicted molar refractivity (Wildman–Crippen MR) is 64.5 cm³/mol. The minimum Gasteiger partial charge on any atom is -0.388 e. The van der Waals surface area contributed by atoms with Crippen LogP contribution in [0.3, 0.4) is 0 Å². The van der Waals surface area contributed by atoms with Crippen molar-refractivity contribution < 1.29 is 42.7 Å². The van der Waals surface area contributed by atoms with Crippen LogP contribution in [0.15, 0.2) is 0 Å².